The van der Waals surface area contributed by atoms with Gasteiger partial charge in [0.15, 0.2) is 5.82 Å². The van der Waals surface area contributed by atoms with Crippen molar-refractivity contribution in [2.75, 3.05) is 50.0 Å². The number of pyridine rings is 1. The molecule has 0 aliphatic carbocycles. The quantitative estimate of drug-likeness (QED) is 0.260. The first-order valence-corrected chi connectivity index (χ1v) is 13.6. The highest BCUT2D eigenvalue weighted by Gasteiger charge is 2.17. The third kappa shape index (κ3) is 6.43. The fourth-order valence-electron chi connectivity index (χ4n) is 4.40. The van der Waals surface area contributed by atoms with Gasteiger partial charge in [0.1, 0.15) is 16.5 Å². The molecule has 3 aromatic heterocycles. The lowest BCUT2D eigenvalue weighted by atomic mass is 10.1. The Balaban J connectivity index is 0.00000323. The maximum atomic E-state index is 13.5. The zero-order chi connectivity index (χ0) is 26.4. The summed E-state index contributed by atoms with van der Waals surface area (Å²) in [5.41, 5.74) is 3.50. The van der Waals surface area contributed by atoms with Gasteiger partial charge in [-0.3, -0.25) is 14.7 Å². The molecule has 11 heteroatoms. The topological polar surface area (TPSA) is 105 Å². The third-order valence-corrected chi connectivity index (χ3v) is 7.46. The Morgan fingerprint density at radius 3 is 2.60 bits per heavy atom. The zero-order valence-electron chi connectivity index (χ0n) is 21.6. The number of hydrogen-bond donors (Lipinski definition) is 2. The summed E-state index contributed by atoms with van der Waals surface area (Å²) >= 11 is 1.54. The number of fused-ring (bicyclic) bond motifs is 1. The molecule has 2 aromatic carbocycles. The Labute approximate surface area is 242 Å². The number of halogens is 1. The zero-order valence-corrected chi connectivity index (χ0v) is 23.3. The number of nitrogens with one attached hydrogen (secondary N) is 2. The second kappa shape index (κ2) is 12.9. The molecular formula is C29H28ClN7O2S. The van der Waals surface area contributed by atoms with E-state index in [0.717, 1.165) is 59.2 Å². The van der Waals surface area contributed by atoms with E-state index in [4.69, 9.17) is 14.7 Å². The molecule has 5 aromatic rings. The predicted molar refractivity (Wildman–Crippen MR) is 161 cm³/mol. The average Bonchev–Trinajstić information content (AvgIpc) is 3.43. The van der Waals surface area contributed by atoms with Gasteiger partial charge in [-0.05, 0) is 18.2 Å². The lowest BCUT2D eigenvalue weighted by molar-refractivity contribution is 0.0398. The van der Waals surface area contributed by atoms with E-state index in [2.05, 4.69) is 25.5 Å². The van der Waals surface area contributed by atoms with Gasteiger partial charge >= 0.3 is 0 Å². The van der Waals surface area contributed by atoms with Crippen LogP contribution in [0.5, 0.6) is 0 Å². The van der Waals surface area contributed by atoms with E-state index < -0.39 is 0 Å². The number of thiazole rings is 1. The summed E-state index contributed by atoms with van der Waals surface area (Å²) in [4.78, 5) is 34.2. The molecule has 6 rings (SSSR count). The number of carbonyl (C=O) groups is 1. The van der Waals surface area contributed by atoms with Gasteiger partial charge in [0.25, 0.3) is 5.91 Å². The van der Waals surface area contributed by atoms with E-state index in [9.17, 15) is 4.79 Å². The minimum absolute atomic E-state index is 0. The molecule has 1 fully saturated rings. The number of rotatable bonds is 8. The van der Waals surface area contributed by atoms with Crippen molar-refractivity contribution >= 4 is 51.4 Å². The summed E-state index contributed by atoms with van der Waals surface area (Å²) in [6.45, 7) is 4.90. The van der Waals surface area contributed by atoms with E-state index in [0.29, 0.717) is 23.9 Å². The van der Waals surface area contributed by atoms with Crippen molar-refractivity contribution in [3.8, 4) is 22.0 Å². The summed E-state index contributed by atoms with van der Waals surface area (Å²) in [6, 6.07) is 20.9. The first-order chi connectivity index (χ1) is 19.2. The molecule has 1 aliphatic heterocycles. The predicted octanol–water partition coefficient (Wildman–Crippen LogP) is 5.23. The van der Waals surface area contributed by atoms with Gasteiger partial charge in [0.05, 0.1) is 29.1 Å². The van der Waals surface area contributed by atoms with Gasteiger partial charge in [0.2, 0.25) is 0 Å². The molecule has 1 amide bonds. The van der Waals surface area contributed by atoms with E-state index >= 15 is 0 Å². The molecule has 0 saturated carbocycles. The maximum Gasteiger partial charge on any atom is 0.274 e. The van der Waals surface area contributed by atoms with E-state index in [1.807, 2.05) is 60.7 Å². The Kier molecular flexibility index (Phi) is 8.92. The van der Waals surface area contributed by atoms with Crippen molar-refractivity contribution in [1.82, 2.24) is 24.8 Å². The molecule has 40 heavy (non-hydrogen) atoms. The minimum Gasteiger partial charge on any atom is -0.379 e. The number of morpholine rings is 1. The van der Waals surface area contributed by atoms with Crippen molar-refractivity contribution in [2.24, 2.45) is 0 Å². The van der Waals surface area contributed by atoms with Crippen LogP contribution in [0.15, 0.2) is 79.1 Å². The normalized spacial score (nSPS) is 13.5. The molecule has 1 aliphatic rings. The summed E-state index contributed by atoms with van der Waals surface area (Å²) in [5.74, 6) is 0.777. The van der Waals surface area contributed by atoms with Crippen LogP contribution < -0.4 is 10.6 Å². The van der Waals surface area contributed by atoms with Gasteiger partial charge in [-0.25, -0.2) is 15.0 Å². The van der Waals surface area contributed by atoms with Crippen LogP contribution in [0.1, 0.15) is 10.5 Å². The monoisotopic (exact) mass is 573 g/mol. The smallest absolute Gasteiger partial charge is 0.274 e. The molecule has 9 nitrogen and oxygen atoms in total. The van der Waals surface area contributed by atoms with E-state index in [-0.39, 0.29) is 24.0 Å². The number of benzene rings is 2. The van der Waals surface area contributed by atoms with E-state index in [1.165, 1.54) is 11.3 Å². The van der Waals surface area contributed by atoms with Crippen LogP contribution in [0.4, 0.5) is 11.5 Å². The fraction of sp³-hybridized carbons (Fsp3) is 0.207. The van der Waals surface area contributed by atoms with Gasteiger partial charge in [-0.2, -0.15) is 0 Å². The van der Waals surface area contributed by atoms with Crippen LogP contribution in [-0.2, 0) is 4.74 Å². The highest BCUT2D eigenvalue weighted by Crippen LogP contribution is 2.34. The van der Waals surface area contributed by atoms with Gasteiger partial charge in [-0.15, -0.1) is 23.7 Å². The molecule has 204 valence electrons. The Bertz CT molecular complexity index is 1560. The maximum absolute atomic E-state index is 13.5. The largest absolute Gasteiger partial charge is 0.379 e. The van der Waals surface area contributed by atoms with Crippen molar-refractivity contribution in [1.29, 1.82) is 0 Å². The third-order valence-electron chi connectivity index (χ3n) is 6.43. The van der Waals surface area contributed by atoms with E-state index in [1.54, 1.807) is 18.5 Å². The van der Waals surface area contributed by atoms with Crippen LogP contribution in [0.2, 0.25) is 0 Å². The number of nitrogens with zero attached hydrogens (tertiary/aromatic N) is 5. The second-order valence-electron chi connectivity index (χ2n) is 9.07. The number of amides is 1. The number of aromatic nitrogens is 4. The molecule has 1 saturated heterocycles. The van der Waals surface area contributed by atoms with Gasteiger partial charge in [-0.1, -0.05) is 42.5 Å². The molecule has 2 N–H and O–H groups in total. The van der Waals surface area contributed by atoms with Crippen LogP contribution >= 0.6 is 23.7 Å². The van der Waals surface area contributed by atoms with Crippen molar-refractivity contribution in [3.05, 3.63) is 84.8 Å². The summed E-state index contributed by atoms with van der Waals surface area (Å²) in [7, 11) is 0. The number of anilines is 2. The Morgan fingerprint density at radius 2 is 1.77 bits per heavy atom. The lowest BCUT2D eigenvalue weighted by Crippen LogP contribution is -2.39. The van der Waals surface area contributed by atoms with Crippen LogP contribution in [0, 0.1) is 0 Å². The van der Waals surface area contributed by atoms with Crippen LogP contribution in [0.25, 0.3) is 32.2 Å². The summed E-state index contributed by atoms with van der Waals surface area (Å²) in [6.07, 6.45) is 3.53. The second-order valence-corrected chi connectivity index (χ2v) is 10.1. The molecule has 0 spiro atoms. The van der Waals surface area contributed by atoms with Crippen LogP contribution in [0.3, 0.4) is 0 Å². The number of para-hydroxylation sites is 1. The summed E-state index contributed by atoms with van der Waals surface area (Å²) in [5, 5.41) is 7.25. The average molecular weight is 574 g/mol. The number of hydrogen-bond acceptors (Lipinski definition) is 9. The molecule has 0 radical (unpaired) electrons. The van der Waals surface area contributed by atoms with Crippen molar-refractivity contribution < 1.29 is 9.53 Å². The highest BCUT2D eigenvalue weighted by atomic mass is 35.5. The fourth-order valence-corrected chi connectivity index (χ4v) is 5.37. The molecule has 4 heterocycles. The van der Waals surface area contributed by atoms with Crippen molar-refractivity contribution in [3.63, 3.8) is 0 Å². The Morgan fingerprint density at radius 1 is 0.975 bits per heavy atom. The summed E-state index contributed by atoms with van der Waals surface area (Å²) < 4.78 is 6.43. The molecule has 0 atom stereocenters. The van der Waals surface area contributed by atoms with Crippen molar-refractivity contribution in [2.45, 2.75) is 0 Å². The van der Waals surface area contributed by atoms with Gasteiger partial charge in [0, 0.05) is 55.8 Å². The number of carbonyl (C=O) groups excluding carboxylic acids is 1. The molecule has 0 unspecified atom stereocenters. The molecular weight excluding hydrogens is 546 g/mol. The molecule has 0 bridgehead atoms. The lowest BCUT2D eigenvalue weighted by Gasteiger charge is -2.26. The first kappa shape index (κ1) is 27.6. The highest BCUT2D eigenvalue weighted by molar-refractivity contribution is 7.21. The number of ether oxygens (including phenoxy) is 1. The van der Waals surface area contributed by atoms with Crippen LogP contribution in [-0.4, -0.2) is 70.1 Å². The minimum atomic E-state index is -0.318. The SMILES string of the molecule is Cl.O=C(Nc1ccccc1-c1nc2ccncc2s1)c1cc(NCCN2CCOCC2)nc(-c2ccccc2)n1. The Hall–Kier alpha value is -3.96. The first-order valence-electron chi connectivity index (χ1n) is 12.8. The standard InChI is InChI=1S/C29H27N7O2S.ClH/c37-28(33-22-9-5-4-8-21(22)29-34-23-10-11-30-19-25(23)39-29)24-18-26(31-12-13-36-14-16-38-17-15-36)35-27(32-24)20-6-2-1-3-7-20;/h1-11,18-19H,12-17H2,(H,33,37)(H,31,32,35);1H. The van der Waals surface area contributed by atoms with Gasteiger partial charge < -0.3 is 15.4 Å².